The smallest absolute Gasteiger partial charge is 0.410 e. The van der Waals surface area contributed by atoms with Gasteiger partial charge in [-0.2, -0.15) is 0 Å². The van der Waals surface area contributed by atoms with Crippen molar-refractivity contribution in [3.8, 4) is 11.3 Å². The zero-order chi connectivity index (χ0) is 18.7. The maximum Gasteiger partial charge on any atom is 0.410 e. The molecule has 1 aromatic heterocycles. The van der Waals surface area contributed by atoms with Crippen LogP contribution in [0.4, 0.5) is 4.79 Å². The third-order valence-corrected chi connectivity index (χ3v) is 4.30. The molecule has 1 saturated heterocycles. The highest BCUT2D eigenvalue weighted by Gasteiger charge is 2.26. The minimum absolute atomic E-state index is 0.236. The molecule has 0 spiro atoms. The second-order valence-corrected chi connectivity index (χ2v) is 7.79. The summed E-state index contributed by atoms with van der Waals surface area (Å²) >= 11 is 0. The van der Waals surface area contributed by atoms with Gasteiger partial charge in [-0.15, -0.1) is 0 Å². The van der Waals surface area contributed by atoms with E-state index in [1.165, 1.54) is 5.56 Å². The number of hydrogen-bond donors (Lipinski definition) is 0. The second-order valence-electron chi connectivity index (χ2n) is 7.79. The molecule has 0 radical (unpaired) electrons. The third kappa shape index (κ3) is 4.85. The lowest BCUT2D eigenvalue weighted by molar-refractivity contribution is 0.0137. The number of amides is 1. The lowest BCUT2D eigenvalue weighted by Gasteiger charge is -2.35. The molecule has 1 aromatic carbocycles. The molecule has 1 fully saturated rings. The van der Waals surface area contributed by atoms with Crippen LogP contribution in [0.1, 0.15) is 32.0 Å². The fourth-order valence-corrected chi connectivity index (χ4v) is 2.88. The van der Waals surface area contributed by atoms with Crippen LogP contribution in [0.25, 0.3) is 11.3 Å². The molecule has 0 bridgehead atoms. The highest BCUT2D eigenvalue weighted by atomic mass is 16.6. The van der Waals surface area contributed by atoms with Crippen molar-refractivity contribution in [3.63, 3.8) is 0 Å². The Kier molecular flexibility index (Phi) is 5.32. The average molecular weight is 357 g/mol. The number of piperazine rings is 1. The van der Waals surface area contributed by atoms with Gasteiger partial charge in [0.05, 0.1) is 5.69 Å². The Hall–Kier alpha value is -2.34. The number of aromatic nitrogens is 1. The quantitative estimate of drug-likeness (QED) is 0.838. The predicted octanol–water partition coefficient (Wildman–Crippen LogP) is 3.70. The fourth-order valence-electron chi connectivity index (χ4n) is 2.88. The summed E-state index contributed by atoms with van der Waals surface area (Å²) in [6.07, 6.45) is -0.236. The molecule has 26 heavy (non-hydrogen) atoms. The number of carbonyl (C=O) groups is 1. The Labute approximate surface area is 154 Å². The molecule has 2 heterocycles. The van der Waals surface area contributed by atoms with Crippen LogP contribution >= 0.6 is 0 Å². The molecular formula is C20H27N3O3. The lowest BCUT2D eigenvalue weighted by Crippen LogP contribution is -2.49. The number of hydrogen-bond acceptors (Lipinski definition) is 5. The molecular weight excluding hydrogens is 330 g/mol. The first kappa shape index (κ1) is 18.5. The molecule has 6 heteroatoms. The molecule has 3 rings (SSSR count). The van der Waals surface area contributed by atoms with E-state index in [1.54, 1.807) is 4.90 Å². The number of nitrogens with zero attached hydrogens (tertiary/aromatic N) is 3. The first-order valence-corrected chi connectivity index (χ1v) is 9.03. The molecule has 0 unspecified atom stereocenters. The van der Waals surface area contributed by atoms with E-state index in [2.05, 4.69) is 29.1 Å². The summed E-state index contributed by atoms with van der Waals surface area (Å²) < 4.78 is 10.9. The van der Waals surface area contributed by atoms with E-state index >= 15 is 0 Å². The van der Waals surface area contributed by atoms with E-state index in [9.17, 15) is 4.79 Å². The first-order valence-electron chi connectivity index (χ1n) is 9.03. The van der Waals surface area contributed by atoms with Crippen molar-refractivity contribution >= 4 is 6.09 Å². The SMILES string of the molecule is Cc1ccc(-c2cc(CN3CCN(C(=O)OC(C)(C)C)CC3)no2)cc1. The van der Waals surface area contributed by atoms with Crippen LogP contribution in [0.3, 0.4) is 0 Å². The van der Waals surface area contributed by atoms with E-state index in [0.717, 1.165) is 36.7 Å². The Morgan fingerprint density at radius 3 is 2.42 bits per heavy atom. The highest BCUT2D eigenvalue weighted by Crippen LogP contribution is 2.21. The predicted molar refractivity (Wildman–Crippen MR) is 99.8 cm³/mol. The molecule has 0 N–H and O–H groups in total. The summed E-state index contributed by atoms with van der Waals surface area (Å²) in [7, 11) is 0. The van der Waals surface area contributed by atoms with Gasteiger partial charge >= 0.3 is 6.09 Å². The van der Waals surface area contributed by atoms with Crippen LogP contribution in [-0.2, 0) is 11.3 Å². The molecule has 140 valence electrons. The Morgan fingerprint density at radius 2 is 1.81 bits per heavy atom. The number of aryl methyl sites for hydroxylation is 1. The van der Waals surface area contributed by atoms with E-state index in [0.29, 0.717) is 13.1 Å². The summed E-state index contributed by atoms with van der Waals surface area (Å²) in [6.45, 7) is 11.4. The summed E-state index contributed by atoms with van der Waals surface area (Å²) in [5.74, 6) is 0.785. The van der Waals surface area contributed by atoms with Crippen LogP contribution in [0, 0.1) is 6.92 Å². The van der Waals surface area contributed by atoms with Crippen molar-refractivity contribution in [1.29, 1.82) is 0 Å². The normalized spacial score (nSPS) is 15.9. The lowest BCUT2D eigenvalue weighted by atomic mass is 10.1. The van der Waals surface area contributed by atoms with Crippen molar-refractivity contribution in [2.24, 2.45) is 0 Å². The monoisotopic (exact) mass is 357 g/mol. The Balaban J connectivity index is 1.52. The van der Waals surface area contributed by atoms with E-state index in [4.69, 9.17) is 9.26 Å². The average Bonchev–Trinajstić information content (AvgIpc) is 3.03. The molecule has 0 saturated carbocycles. The zero-order valence-corrected chi connectivity index (χ0v) is 16.0. The topological polar surface area (TPSA) is 58.8 Å². The molecule has 2 aromatic rings. The number of rotatable bonds is 3. The fraction of sp³-hybridized carbons (Fsp3) is 0.500. The molecule has 1 aliphatic rings. The maximum absolute atomic E-state index is 12.1. The van der Waals surface area contributed by atoms with E-state index in [-0.39, 0.29) is 6.09 Å². The van der Waals surface area contributed by atoms with Crippen LogP contribution in [-0.4, -0.2) is 52.8 Å². The molecule has 1 amide bonds. The van der Waals surface area contributed by atoms with Gasteiger partial charge in [-0.1, -0.05) is 35.0 Å². The number of ether oxygens (including phenoxy) is 1. The minimum atomic E-state index is -0.457. The van der Waals surface area contributed by atoms with Crippen molar-refractivity contribution < 1.29 is 14.1 Å². The van der Waals surface area contributed by atoms with Crippen molar-refractivity contribution in [2.45, 2.75) is 39.8 Å². The van der Waals surface area contributed by atoms with Gasteiger partial charge in [0, 0.05) is 44.4 Å². The van der Waals surface area contributed by atoms with Gasteiger partial charge in [0.25, 0.3) is 0 Å². The number of carbonyl (C=O) groups excluding carboxylic acids is 1. The molecule has 6 nitrogen and oxygen atoms in total. The van der Waals surface area contributed by atoms with Gasteiger partial charge in [0.2, 0.25) is 0 Å². The summed E-state index contributed by atoms with van der Waals surface area (Å²) in [4.78, 5) is 16.2. The van der Waals surface area contributed by atoms with Gasteiger partial charge in [-0.25, -0.2) is 4.79 Å². The third-order valence-electron chi connectivity index (χ3n) is 4.30. The van der Waals surface area contributed by atoms with Crippen molar-refractivity contribution in [1.82, 2.24) is 15.0 Å². The van der Waals surface area contributed by atoms with E-state index < -0.39 is 5.60 Å². The second kappa shape index (κ2) is 7.50. The van der Waals surface area contributed by atoms with Crippen LogP contribution < -0.4 is 0 Å². The summed E-state index contributed by atoms with van der Waals surface area (Å²) in [5.41, 5.74) is 2.70. The maximum atomic E-state index is 12.1. The van der Waals surface area contributed by atoms with Crippen molar-refractivity contribution in [2.75, 3.05) is 26.2 Å². The number of benzene rings is 1. The Bertz CT molecular complexity index is 738. The minimum Gasteiger partial charge on any atom is -0.444 e. The zero-order valence-electron chi connectivity index (χ0n) is 16.0. The Morgan fingerprint density at radius 1 is 1.15 bits per heavy atom. The summed E-state index contributed by atoms with van der Waals surface area (Å²) in [5, 5.41) is 4.19. The molecule has 0 atom stereocenters. The van der Waals surface area contributed by atoms with Crippen LogP contribution in [0.2, 0.25) is 0 Å². The largest absolute Gasteiger partial charge is 0.444 e. The van der Waals surface area contributed by atoms with Gasteiger partial charge in [0.1, 0.15) is 5.60 Å². The molecule has 1 aliphatic heterocycles. The first-order chi connectivity index (χ1) is 12.3. The van der Waals surface area contributed by atoms with Gasteiger partial charge in [-0.3, -0.25) is 4.90 Å². The highest BCUT2D eigenvalue weighted by molar-refractivity contribution is 5.68. The van der Waals surface area contributed by atoms with Crippen LogP contribution in [0.15, 0.2) is 34.9 Å². The van der Waals surface area contributed by atoms with E-state index in [1.807, 2.05) is 39.0 Å². The molecule has 0 aliphatic carbocycles. The van der Waals surface area contributed by atoms with Crippen molar-refractivity contribution in [3.05, 3.63) is 41.6 Å². The van der Waals surface area contributed by atoms with Crippen LogP contribution in [0.5, 0.6) is 0 Å². The van der Waals surface area contributed by atoms with Gasteiger partial charge < -0.3 is 14.2 Å². The van der Waals surface area contributed by atoms with Gasteiger partial charge in [-0.05, 0) is 27.7 Å². The van der Waals surface area contributed by atoms with Gasteiger partial charge in [0.15, 0.2) is 5.76 Å². The standard InChI is InChI=1S/C20H27N3O3/c1-15-5-7-16(8-6-15)18-13-17(21-26-18)14-22-9-11-23(12-10-22)19(24)25-20(2,3)4/h5-8,13H,9-12,14H2,1-4H3. The summed E-state index contributed by atoms with van der Waals surface area (Å²) in [6, 6.07) is 10.2.